The molecule has 0 spiro atoms. The maximum absolute atomic E-state index is 12.0. The lowest BCUT2D eigenvalue weighted by molar-refractivity contribution is -0.124. The number of hydrogen-bond acceptors (Lipinski definition) is 3. The maximum atomic E-state index is 12.0. The predicted octanol–water partition coefficient (Wildman–Crippen LogP) is 4.34. The molecule has 2 rings (SSSR count). The second-order valence-corrected chi connectivity index (χ2v) is 8.34. The van der Waals surface area contributed by atoms with E-state index in [1.165, 1.54) is 11.1 Å². The first kappa shape index (κ1) is 20.5. The molecule has 0 saturated heterocycles. The van der Waals surface area contributed by atoms with Crippen LogP contribution < -0.4 is 15.4 Å². The van der Waals surface area contributed by atoms with Crippen LogP contribution >= 0.6 is 15.9 Å². The zero-order chi connectivity index (χ0) is 19.2. The van der Waals surface area contributed by atoms with Crippen molar-refractivity contribution < 1.29 is 9.53 Å². The molecule has 5 heteroatoms. The Morgan fingerprint density at radius 1 is 1.08 bits per heavy atom. The number of aryl methyl sites for hydroxylation is 1. The van der Waals surface area contributed by atoms with Crippen LogP contribution in [0.2, 0.25) is 0 Å². The van der Waals surface area contributed by atoms with Crippen molar-refractivity contribution >= 4 is 21.8 Å². The highest BCUT2D eigenvalue weighted by Gasteiger charge is 2.14. The molecule has 0 heterocycles. The van der Waals surface area contributed by atoms with Crippen LogP contribution in [0.1, 0.15) is 37.5 Å². The highest BCUT2D eigenvalue weighted by molar-refractivity contribution is 9.10. The summed E-state index contributed by atoms with van der Waals surface area (Å²) in [7, 11) is 0. The van der Waals surface area contributed by atoms with Crippen LogP contribution in [-0.2, 0) is 17.9 Å². The number of nitrogens with one attached hydrogen (secondary N) is 2. The van der Waals surface area contributed by atoms with Gasteiger partial charge < -0.3 is 15.4 Å². The van der Waals surface area contributed by atoms with Crippen molar-refractivity contribution in [3.8, 4) is 5.75 Å². The molecule has 0 aromatic heterocycles. The molecule has 2 aromatic carbocycles. The topological polar surface area (TPSA) is 50.4 Å². The minimum Gasteiger partial charge on any atom is -0.483 e. The lowest BCUT2D eigenvalue weighted by atomic mass is 10.1. The van der Waals surface area contributed by atoms with E-state index in [0.717, 1.165) is 16.6 Å². The van der Waals surface area contributed by atoms with Crippen molar-refractivity contribution in [3.05, 3.63) is 63.6 Å². The summed E-state index contributed by atoms with van der Waals surface area (Å²) in [5, 5.41) is 6.33. The van der Waals surface area contributed by atoms with Gasteiger partial charge in [-0.25, -0.2) is 0 Å². The quantitative estimate of drug-likeness (QED) is 0.702. The molecular weight excluding hydrogens is 392 g/mol. The molecule has 0 saturated carbocycles. The monoisotopic (exact) mass is 418 g/mol. The number of carbonyl (C=O) groups is 1. The number of hydrogen-bond donors (Lipinski definition) is 2. The Hall–Kier alpha value is -1.85. The summed E-state index contributed by atoms with van der Waals surface area (Å²) >= 11 is 3.50. The van der Waals surface area contributed by atoms with Crippen molar-refractivity contribution in [1.82, 2.24) is 10.6 Å². The van der Waals surface area contributed by atoms with E-state index in [2.05, 4.69) is 57.8 Å². The van der Waals surface area contributed by atoms with Gasteiger partial charge in [0.15, 0.2) is 6.61 Å². The fourth-order valence-electron chi connectivity index (χ4n) is 2.47. The van der Waals surface area contributed by atoms with Crippen molar-refractivity contribution in [2.75, 3.05) is 6.61 Å². The lowest BCUT2D eigenvalue weighted by Gasteiger charge is -2.21. The Labute approximate surface area is 164 Å². The Morgan fingerprint density at radius 3 is 2.42 bits per heavy atom. The second-order valence-electron chi connectivity index (χ2n) is 7.43. The third kappa shape index (κ3) is 7.18. The summed E-state index contributed by atoms with van der Waals surface area (Å²) in [6.45, 7) is 9.36. The smallest absolute Gasteiger partial charge is 0.258 e. The first-order valence-electron chi connectivity index (χ1n) is 8.71. The van der Waals surface area contributed by atoms with Crippen LogP contribution in [0.4, 0.5) is 0 Å². The van der Waals surface area contributed by atoms with Crippen LogP contribution in [0.5, 0.6) is 5.75 Å². The fourth-order valence-corrected chi connectivity index (χ4v) is 2.88. The van der Waals surface area contributed by atoms with E-state index in [4.69, 9.17) is 4.74 Å². The van der Waals surface area contributed by atoms with Crippen molar-refractivity contribution in [2.45, 2.75) is 46.3 Å². The maximum Gasteiger partial charge on any atom is 0.258 e. The van der Waals surface area contributed by atoms with E-state index in [0.29, 0.717) is 12.3 Å². The van der Waals surface area contributed by atoms with E-state index in [1.54, 1.807) is 0 Å². The molecule has 0 aliphatic heterocycles. The zero-order valence-electron chi connectivity index (χ0n) is 15.9. The van der Waals surface area contributed by atoms with Crippen molar-refractivity contribution in [2.24, 2.45) is 0 Å². The van der Waals surface area contributed by atoms with Crippen LogP contribution in [0, 0.1) is 6.92 Å². The molecule has 0 fully saturated rings. The average Bonchev–Trinajstić information content (AvgIpc) is 2.54. The van der Waals surface area contributed by atoms with E-state index in [1.807, 2.05) is 39.0 Å². The zero-order valence-corrected chi connectivity index (χ0v) is 17.4. The summed E-state index contributed by atoms with van der Waals surface area (Å²) in [6, 6.07) is 14.3. The summed E-state index contributed by atoms with van der Waals surface area (Å²) < 4.78 is 6.73. The largest absolute Gasteiger partial charge is 0.483 e. The average molecular weight is 419 g/mol. The number of benzene rings is 2. The minimum absolute atomic E-state index is 0.00383. The molecule has 26 heavy (non-hydrogen) atoms. The summed E-state index contributed by atoms with van der Waals surface area (Å²) in [5.41, 5.74) is 3.23. The molecule has 2 aromatic rings. The standard InChI is InChI=1S/C21H27BrN2O2/c1-15-5-7-16(8-6-15)12-23-13-17-11-18(22)9-10-19(17)26-14-20(25)24-21(2,3)4/h5-11,23H,12-14H2,1-4H3,(H,24,25). The molecular formula is C21H27BrN2O2. The Kier molecular flexibility index (Phi) is 7.23. The van der Waals surface area contributed by atoms with E-state index >= 15 is 0 Å². The number of rotatable bonds is 7. The van der Waals surface area contributed by atoms with Gasteiger partial charge in [0.1, 0.15) is 5.75 Å². The molecule has 4 nitrogen and oxygen atoms in total. The van der Waals surface area contributed by atoms with Crippen LogP contribution in [0.3, 0.4) is 0 Å². The number of halogens is 1. The second kappa shape index (κ2) is 9.19. The first-order valence-corrected chi connectivity index (χ1v) is 9.51. The van der Waals surface area contributed by atoms with Gasteiger partial charge in [0.05, 0.1) is 0 Å². The van der Waals surface area contributed by atoms with Gasteiger partial charge in [0.2, 0.25) is 0 Å². The third-order valence-electron chi connectivity index (χ3n) is 3.66. The van der Waals surface area contributed by atoms with Gasteiger partial charge in [0, 0.05) is 28.7 Å². The van der Waals surface area contributed by atoms with Gasteiger partial charge >= 0.3 is 0 Å². The molecule has 0 aliphatic carbocycles. The van der Waals surface area contributed by atoms with Crippen molar-refractivity contribution in [3.63, 3.8) is 0 Å². The summed E-state index contributed by atoms with van der Waals surface area (Å²) in [5.74, 6) is 0.590. The van der Waals surface area contributed by atoms with E-state index < -0.39 is 0 Å². The molecule has 0 unspecified atom stereocenters. The van der Waals surface area contributed by atoms with Gasteiger partial charge in [0.25, 0.3) is 5.91 Å². The molecule has 0 aliphatic rings. The third-order valence-corrected chi connectivity index (χ3v) is 4.15. The summed E-state index contributed by atoms with van der Waals surface area (Å²) in [4.78, 5) is 12.0. The Bertz CT molecular complexity index is 737. The minimum atomic E-state index is -0.265. The summed E-state index contributed by atoms with van der Waals surface area (Å²) in [6.07, 6.45) is 0. The molecule has 1 amide bonds. The predicted molar refractivity (Wildman–Crippen MR) is 109 cm³/mol. The highest BCUT2D eigenvalue weighted by atomic mass is 79.9. The van der Waals surface area contributed by atoms with E-state index in [-0.39, 0.29) is 18.1 Å². The van der Waals surface area contributed by atoms with Crippen LogP contribution in [-0.4, -0.2) is 18.1 Å². The molecule has 0 bridgehead atoms. The Balaban J connectivity index is 1.94. The normalized spacial score (nSPS) is 11.3. The van der Waals surface area contributed by atoms with Gasteiger partial charge in [-0.15, -0.1) is 0 Å². The number of ether oxygens (including phenoxy) is 1. The van der Waals surface area contributed by atoms with E-state index in [9.17, 15) is 4.79 Å². The number of carbonyl (C=O) groups excluding carboxylic acids is 1. The molecule has 140 valence electrons. The highest BCUT2D eigenvalue weighted by Crippen LogP contribution is 2.23. The lowest BCUT2D eigenvalue weighted by Crippen LogP contribution is -2.43. The van der Waals surface area contributed by atoms with Crippen molar-refractivity contribution in [1.29, 1.82) is 0 Å². The van der Waals surface area contributed by atoms with Crippen LogP contribution in [0.25, 0.3) is 0 Å². The molecule has 2 N–H and O–H groups in total. The Morgan fingerprint density at radius 2 is 1.77 bits per heavy atom. The van der Waals surface area contributed by atoms with Gasteiger partial charge in [-0.3, -0.25) is 4.79 Å². The first-order chi connectivity index (χ1) is 12.2. The fraction of sp³-hybridized carbons (Fsp3) is 0.381. The number of amides is 1. The van der Waals surface area contributed by atoms with Gasteiger partial charge in [-0.05, 0) is 51.5 Å². The van der Waals surface area contributed by atoms with Crippen LogP contribution in [0.15, 0.2) is 46.9 Å². The SMILES string of the molecule is Cc1ccc(CNCc2cc(Br)ccc2OCC(=O)NC(C)(C)C)cc1. The molecule has 0 atom stereocenters. The molecule has 0 radical (unpaired) electrons. The van der Waals surface area contributed by atoms with Gasteiger partial charge in [-0.2, -0.15) is 0 Å². The van der Waals surface area contributed by atoms with Gasteiger partial charge in [-0.1, -0.05) is 45.8 Å².